The first-order valence-corrected chi connectivity index (χ1v) is 11.9. The van der Waals surface area contributed by atoms with Gasteiger partial charge in [-0.25, -0.2) is 0 Å². The summed E-state index contributed by atoms with van der Waals surface area (Å²) in [5.74, 6) is -1.97. The number of nitrogens with zero attached hydrogens (tertiary/aromatic N) is 1. The van der Waals surface area contributed by atoms with Crippen LogP contribution in [0.3, 0.4) is 0 Å². The Morgan fingerprint density at radius 1 is 1.00 bits per heavy atom. The Bertz CT molecular complexity index is 1110. The third-order valence-electron chi connectivity index (χ3n) is 7.20. The normalized spacial score (nSPS) is 22.9. The molecular weight excluding hydrogens is 475 g/mol. The van der Waals surface area contributed by atoms with Gasteiger partial charge in [0.25, 0.3) is 5.91 Å². The van der Waals surface area contributed by atoms with Crippen molar-refractivity contribution in [2.75, 3.05) is 19.6 Å². The van der Waals surface area contributed by atoms with E-state index in [-0.39, 0.29) is 24.2 Å². The molecule has 7 nitrogen and oxygen atoms in total. The van der Waals surface area contributed by atoms with Crippen LogP contribution in [0.5, 0.6) is 0 Å². The summed E-state index contributed by atoms with van der Waals surface area (Å²) in [4.78, 5) is 38.7. The summed E-state index contributed by atoms with van der Waals surface area (Å²) in [6.45, 7) is 0.917. The molecule has 2 aromatic rings. The second-order valence-electron chi connectivity index (χ2n) is 9.46. The van der Waals surface area contributed by atoms with Crippen LogP contribution >= 0.6 is 0 Å². The topological polar surface area (TPSA) is 98.7 Å². The number of carbonyl (C=O) groups excluding carboxylic acids is 2. The van der Waals surface area contributed by atoms with E-state index in [0.29, 0.717) is 25.9 Å². The van der Waals surface area contributed by atoms with Gasteiger partial charge in [0.1, 0.15) is 0 Å². The number of rotatable bonds is 7. The lowest BCUT2D eigenvalue weighted by molar-refractivity contribution is -0.146. The SMILES string of the molecule is O=C(CNC(=O)c1cccc(C(F)(F)F)c1)NC1CN(C2CCC(C(=O)O)(c3ccccc3)CC2)C1. The van der Waals surface area contributed by atoms with Gasteiger partial charge in [-0.05, 0) is 49.4 Å². The van der Waals surface area contributed by atoms with Gasteiger partial charge in [0, 0.05) is 24.7 Å². The van der Waals surface area contributed by atoms with E-state index < -0.39 is 34.9 Å². The van der Waals surface area contributed by atoms with Crippen molar-refractivity contribution >= 4 is 17.8 Å². The number of hydrogen-bond acceptors (Lipinski definition) is 4. The monoisotopic (exact) mass is 503 g/mol. The predicted octanol–water partition coefficient (Wildman–Crippen LogP) is 3.20. The number of likely N-dealkylation sites (tertiary alicyclic amines) is 1. The standard InChI is InChI=1S/C26H28F3N3O4/c27-26(28,29)19-8-4-5-17(13-19)23(34)30-14-22(33)31-20-15-32(16-20)21-9-11-25(12-10-21,24(35)36)18-6-2-1-3-7-18/h1-8,13,20-21H,9-12,14-16H2,(H,30,34)(H,31,33)(H,35,36). The highest BCUT2D eigenvalue weighted by molar-refractivity contribution is 5.96. The fourth-order valence-corrected chi connectivity index (χ4v) is 5.12. The summed E-state index contributed by atoms with van der Waals surface area (Å²) in [5, 5.41) is 15.1. The summed E-state index contributed by atoms with van der Waals surface area (Å²) in [6.07, 6.45) is -1.97. The molecule has 2 aliphatic rings. The molecule has 2 fully saturated rings. The quantitative estimate of drug-likeness (QED) is 0.539. The van der Waals surface area contributed by atoms with Crippen molar-refractivity contribution in [3.05, 3.63) is 71.3 Å². The molecule has 1 heterocycles. The molecule has 3 N–H and O–H groups in total. The van der Waals surface area contributed by atoms with E-state index in [4.69, 9.17) is 0 Å². The minimum Gasteiger partial charge on any atom is -0.481 e. The summed E-state index contributed by atoms with van der Waals surface area (Å²) in [5.41, 5.74) is -1.13. The van der Waals surface area contributed by atoms with Gasteiger partial charge in [-0.1, -0.05) is 36.4 Å². The molecule has 0 bridgehead atoms. The molecule has 1 aliphatic carbocycles. The Balaban J connectivity index is 1.21. The Labute approximate surface area is 206 Å². The van der Waals surface area contributed by atoms with E-state index >= 15 is 0 Å². The summed E-state index contributed by atoms with van der Waals surface area (Å²) in [7, 11) is 0. The highest BCUT2D eigenvalue weighted by Crippen LogP contribution is 2.41. The van der Waals surface area contributed by atoms with Gasteiger partial charge in [0.15, 0.2) is 0 Å². The van der Waals surface area contributed by atoms with Gasteiger partial charge in [-0.2, -0.15) is 13.2 Å². The van der Waals surface area contributed by atoms with Crippen LogP contribution in [0, 0.1) is 0 Å². The van der Waals surface area contributed by atoms with Crippen molar-refractivity contribution in [1.82, 2.24) is 15.5 Å². The van der Waals surface area contributed by atoms with Gasteiger partial charge in [-0.3, -0.25) is 19.3 Å². The second-order valence-corrected chi connectivity index (χ2v) is 9.46. The van der Waals surface area contributed by atoms with E-state index in [1.54, 1.807) is 0 Å². The Morgan fingerprint density at radius 3 is 2.28 bits per heavy atom. The smallest absolute Gasteiger partial charge is 0.416 e. The molecule has 0 radical (unpaired) electrons. The molecule has 10 heteroatoms. The second kappa shape index (κ2) is 10.3. The third-order valence-corrected chi connectivity index (χ3v) is 7.20. The number of aliphatic carboxylic acids is 1. The first-order valence-electron chi connectivity index (χ1n) is 11.9. The van der Waals surface area contributed by atoms with Crippen LogP contribution in [0.4, 0.5) is 13.2 Å². The van der Waals surface area contributed by atoms with Crippen LogP contribution in [-0.4, -0.2) is 59.5 Å². The van der Waals surface area contributed by atoms with Gasteiger partial charge < -0.3 is 15.7 Å². The van der Waals surface area contributed by atoms with Gasteiger partial charge >= 0.3 is 12.1 Å². The third kappa shape index (κ3) is 5.53. The molecule has 0 unspecified atom stereocenters. The zero-order valence-corrected chi connectivity index (χ0v) is 19.6. The van der Waals surface area contributed by atoms with Crippen molar-refractivity contribution in [2.24, 2.45) is 0 Å². The van der Waals surface area contributed by atoms with E-state index in [1.807, 2.05) is 30.3 Å². The summed E-state index contributed by atoms with van der Waals surface area (Å²) < 4.78 is 38.5. The average Bonchev–Trinajstić information content (AvgIpc) is 2.84. The maximum atomic E-state index is 12.8. The number of benzene rings is 2. The highest BCUT2D eigenvalue weighted by Gasteiger charge is 2.46. The molecule has 192 valence electrons. The Hall–Kier alpha value is -3.40. The number of alkyl halides is 3. The van der Waals surface area contributed by atoms with Gasteiger partial charge in [-0.15, -0.1) is 0 Å². The highest BCUT2D eigenvalue weighted by atomic mass is 19.4. The Kier molecular flexibility index (Phi) is 7.35. The predicted molar refractivity (Wildman–Crippen MR) is 125 cm³/mol. The van der Waals surface area contributed by atoms with Crippen LogP contribution in [-0.2, 0) is 21.2 Å². The van der Waals surface area contributed by atoms with E-state index in [1.165, 1.54) is 6.07 Å². The van der Waals surface area contributed by atoms with E-state index in [9.17, 15) is 32.7 Å². The summed E-state index contributed by atoms with van der Waals surface area (Å²) in [6, 6.07) is 13.5. The van der Waals surface area contributed by atoms with E-state index in [2.05, 4.69) is 15.5 Å². The fraction of sp³-hybridized carbons (Fsp3) is 0.423. The van der Waals surface area contributed by atoms with E-state index in [0.717, 1.165) is 36.6 Å². The molecule has 1 aliphatic heterocycles. The summed E-state index contributed by atoms with van der Waals surface area (Å²) >= 11 is 0. The van der Waals surface area contributed by atoms with Crippen molar-refractivity contribution in [2.45, 2.75) is 49.4 Å². The molecule has 2 amide bonds. The molecule has 36 heavy (non-hydrogen) atoms. The maximum absolute atomic E-state index is 12.8. The van der Waals surface area contributed by atoms with Crippen molar-refractivity contribution in [1.29, 1.82) is 0 Å². The number of carboxylic acids is 1. The number of hydrogen-bond donors (Lipinski definition) is 3. The average molecular weight is 504 g/mol. The lowest BCUT2D eigenvalue weighted by Crippen LogP contribution is -2.63. The largest absolute Gasteiger partial charge is 0.481 e. The van der Waals surface area contributed by atoms with Crippen LogP contribution < -0.4 is 10.6 Å². The lowest BCUT2D eigenvalue weighted by atomic mass is 9.67. The van der Waals surface area contributed by atoms with Crippen LogP contribution in [0.1, 0.15) is 47.2 Å². The van der Waals surface area contributed by atoms with Gasteiger partial charge in [0.2, 0.25) is 5.91 Å². The zero-order valence-electron chi connectivity index (χ0n) is 19.6. The molecule has 0 atom stereocenters. The first kappa shape index (κ1) is 25.7. The van der Waals surface area contributed by atoms with Crippen molar-refractivity contribution < 1.29 is 32.7 Å². The minimum absolute atomic E-state index is 0.0942. The number of carboxylic acid groups (broad SMARTS) is 1. The minimum atomic E-state index is -4.56. The zero-order chi connectivity index (χ0) is 25.9. The number of halogens is 3. The first-order chi connectivity index (χ1) is 17.1. The molecule has 1 saturated heterocycles. The van der Waals surface area contributed by atoms with Crippen LogP contribution in [0.15, 0.2) is 54.6 Å². The van der Waals surface area contributed by atoms with Crippen molar-refractivity contribution in [3.63, 3.8) is 0 Å². The maximum Gasteiger partial charge on any atom is 0.416 e. The van der Waals surface area contributed by atoms with Crippen LogP contribution in [0.2, 0.25) is 0 Å². The van der Waals surface area contributed by atoms with Crippen LogP contribution in [0.25, 0.3) is 0 Å². The molecule has 1 saturated carbocycles. The number of amides is 2. The fourth-order valence-electron chi connectivity index (χ4n) is 5.12. The number of nitrogens with one attached hydrogen (secondary N) is 2. The Morgan fingerprint density at radius 2 is 1.67 bits per heavy atom. The molecule has 2 aromatic carbocycles. The van der Waals surface area contributed by atoms with Gasteiger partial charge in [0.05, 0.1) is 23.6 Å². The molecule has 0 spiro atoms. The number of carbonyl (C=O) groups is 3. The molecule has 0 aromatic heterocycles. The molecule has 4 rings (SSSR count). The molecular formula is C26H28F3N3O4. The van der Waals surface area contributed by atoms with Crippen molar-refractivity contribution in [3.8, 4) is 0 Å². The lowest BCUT2D eigenvalue weighted by Gasteiger charge is -2.48.